The van der Waals surface area contributed by atoms with Gasteiger partial charge in [0.25, 0.3) is 0 Å². The topological polar surface area (TPSA) is 101 Å². The first-order valence-corrected chi connectivity index (χ1v) is 9.00. The molecule has 0 saturated carbocycles. The molecule has 1 heterocycles. The van der Waals surface area contributed by atoms with Gasteiger partial charge in [-0.05, 0) is 37.0 Å². The molecule has 1 fully saturated rings. The second-order valence-electron chi connectivity index (χ2n) is 5.47. The molecule has 1 aromatic carbocycles. The summed E-state index contributed by atoms with van der Waals surface area (Å²) in [5.41, 5.74) is 1.17. The van der Waals surface area contributed by atoms with Crippen LogP contribution in [0.1, 0.15) is 28.8 Å². The van der Waals surface area contributed by atoms with Crippen LogP contribution in [0.5, 0.6) is 0 Å². The van der Waals surface area contributed by atoms with Crippen LogP contribution >= 0.6 is 0 Å². The van der Waals surface area contributed by atoms with Crippen molar-refractivity contribution in [2.24, 2.45) is 5.92 Å². The van der Waals surface area contributed by atoms with Gasteiger partial charge in [0.2, 0.25) is 5.91 Å². The number of amides is 1. The van der Waals surface area contributed by atoms with Crippen LogP contribution in [0.4, 0.5) is 0 Å². The second kappa shape index (κ2) is 6.91. The average Bonchev–Trinajstić information content (AvgIpc) is 2.47. The second-order valence-corrected chi connectivity index (χ2v) is 7.77. The Hall–Kier alpha value is -1.89. The molecule has 6 nitrogen and oxygen atoms in total. The molecular weight excluding hydrogens is 306 g/mol. The summed E-state index contributed by atoms with van der Waals surface area (Å²) in [6.07, 6.45) is 1.39. The Morgan fingerprint density at radius 1 is 1.14 bits per heavy atom. The first kappa shape index (κ1) is 16.5. The minimum absolute atomic E-state index is 0.0851. The van der Waals surface area contributed by atoms with Gasteiger partial charge in [-0.25, -0.2) is 13.2 Å². The lowest BCUT2D eigenvalue weighted by Crippen LogP contribution is -2.37. The maximum atomic E-state index is 12.0. The maximum absolute atomic E-state index is 12.0. The number of carboxylic acid groups (broad SMARTS) is 1. The number of aromatic carboxylic acids is 1. The summed E-state index contributed by atoms with van der Waals surface area (Å²) in [7, 11) is -2.95. The Morgan fingerprint density at radius 2 is 1.73 bits per heavy atom. The van der Waals surface area contributed by atoms with Gasteiger partial charge in [0.05, 0.1) is 17.1 Å². The zero-order valence-electron chi connectivity index (χ0n) is 12.1. The van der Waals surface area contributed by atoms with Crippen molar-refractivity contribution in [3.63, 3.8) is 0 Å². The van der Waals surface area contributed by atoms with Crippen LogP contribution < -0.4 is 5.32 Å². The summed E-state index contributed by atoms with van der Waals surface area (Å²) in [5, 5.41) is 11.6. The smallest absolute Gasteiger partial charge is 0.335 e. The Bertz CT molecular complexity index is 637. The molecule has 0 bridgehead atoms. The molecule has 1 aliphatic rings. The van der Waals surface area contributed by atoms with E-state index in [1.165, 1.54) is 12.1 Å². The number of carboxylic acids is 1. The van der Waals surface area contributed by atoms with E-state index in [2.05, 4.69) is 5.32 Å². The highest BCUT2D eigenvalue weighted by molar-refractivity contribution is 7.91. The molecule has 1 amide bonds. The first-order valence-electron chi connectivity index (χ1n) is 7.18. The molecule has 0 atom stereocenters. The van der Waals surface area contributed by atoms with Crippen LogP contribution in [0.3, 0.4) is 0 Å². The summed E-state index contributed by atoms with van der Waals surface area (Å²) in [6, 6.07) is 6.52. The van der Waals surface area contributed by atoms with Gasteiger partial charge in [-0.3, -0.25) is 4.79 Å². The highest BCUT2D eigenvalue weighted by Crippen LogP contribution is 2.18. The van der Waals surface area contributed by atoms with E-state index in [1.54, 1.807) is 12.1 Å². The molecule has 0 radical (unpaired) electrons. The van der Waals surface area contributed by atoms with Gasteiger partial charge < -0.3 is 10.4 Å². The number of rotatable bonds is 5. The minimum Gasteiger partial charge on any atom is -0.478 e. The van der Waals surface area contributed by atoms with Crippen molar-refractivity contribution >= 4 is 21.7 Å². The number of carbonyl (C=O) groups excluding carboxylic acids is 1. The van der Waals surface area contributed by atoms with Crippen LogP contribution in [-0.4, -0.2) is 43.5 Å². The van der Waals surface area contributed by atoms with Crippen molar-refractivity contribution in [2.75, 3.05) is 18.1 Å². The van der Waals surface area contributed by atoms with Crippen LogP contribution in [0.15, 0.2) is 24.3 Å². The molecule has 0 aromatic heterocycles. The third-order valence-electron chi connectivity index (χ3n) is 3.84. The van der Waals surface area contributed by atoms with E-state index >= 15 is 0 Å². The van der Waals surface area contributed by atoms with E-state index in [9.17, 15) is 18.0 Å². The fraction of sp³-hybridized carbons (Fsp3) is 0.467. The number of hydrogen-bond donors (Lipinski definition) is 2. The molecule has 2 N–H and O–H groups in total. The SMILES string of the molecule is O=C(O)c1ccc(CCNC(=O)C2CCS(=O)(=O)CC2)cc1. The van der Waals surface area contributed by atoms with Gasteiger partial charge in [0.15, 0.2) is 0 Å². The number of hydrogen-bond acceptors (Lipinski definition) is 4. The number of carbonyl (C=O) groups is 2. The minimum atomic E-state index is -2.95. The van der Waals surface area contributed by atoms with Crippen LogP contribution in [0, 0.1) is 5.92 Å². The highest BCUT2D eigenvalue weighted by Gasteiger charge is 2.28. The third-order valence-corrected chi connectivity index (χ3v) is 5.55. The van der Waals surface area contributed by atoms with Crippen LogP contribution in [-0.2, 0) is 21.1 Å². The lowest BCUT2D eigenvalue weighted by atomic mass is 10.0. The molecule has 1 aliphatic heterocycles. The van der Waals surface area contributed by atoms with Gasteiger partial charge in [0.1, 0.15) is 9.84 Å². The Morgan fingerprint density at radius 3 is 2.27 bits per heavy atom. The third kappa shape index (κ3) is 4.56. The Kier molecular flexibility index (Phi) is 5.18. The molecule has 0 spiro atoms. The monoisotopic (exact) mass is 325 g/mol. The first-order chi connectivity index (χ1) is 10.4. The van der Waals surface area contributed by atoms with E-state index in [-0.39, 0.29) is 28.9 Å². The quantitative estimate of drug-likeness (QED) is 0.836. The number of sulfone groups is 1. The van der Waals surface area contributed by atoms with Crippen LogP contribution in [0.25, 0.3) is 0 Å². The molecule has 120 valence electrons. The predicted octanol–water partition coefficient (Wildman–Crippen LogP) is 0.868. The van der Waals surface area contributed by atoms with Crippen molar-refractivity contribution < 1.29 is 23.1 Å². The standard InChI is InChI=1S/C15H19NO5S/c17-14(12-6-9-22(20,21)10-7-12)16-8-5-11-1-3-13(4-2-11)15(18)19/h1-4,12H,5-10H2,(H,16,17)(H,18,19). The summed E-state index contributed by atoms with van der Waals surface area (Å²) in [6.45, 7) is 0.453. The summed E-state index contributed by atoms with van der Waals surface area (Å²) in [4.78, 5) is 22.7. The maximum Gasteiger partial charge on any atom is 0.335 e. The molecule has 1 aromatic rings. The number of benzene rings is 1. The van der Waals surface area contributed by atoms with Gasteiger partial charge >= 0.3 is 5.97 Å². The molecular formula is C15H19NO5S. The van der Waals surface area contributed by atoms with Crippen molar-refractivity contribution in [2.45, 2.75) is 19.3 Å². The molecule has 22 heavy (non-hydrogen) atoms. The molecule has 1 saturated heterocycles. The van der Waals surface area contributed by atoms with E-state index in [4.69, 9.17) is 5.11 Å². The lowest BCUT2D eigenvalue weighted by Gasteiger charge is -2.21. The normalized spacial score (nSPS) is 17.8. The zero-order chi connectivity index (χ0) is 16.2. The lowest BCUT2D eigenvalue weighted by molar-refractivity contribution is -0.125. The van der Waals surface area contributed by atoms with Gasteiger partial charge in [-0.1, -0.05) is 12.1 Å². The van der Waals surface area contributed by atoms with Crippen molar-refractivity contribution in [3.05, 3.63) is 35.4 Å². The summed E-state index contributed by atoms with van der Waals surface area (Å²) >= 11 is 0. The van der Waals surface area contributed by atoms with Crippen molar-refractivity contribution in [1.29, 1.82) is 0 Å². The van der Waals surface area contributed by atoms with E-state index in [0.29, 0.717) is 25.8 Å². The summed E-state index contributed by atoms with van der Waals surface area (Å²) in [5.74, 6) is -1.12. The molecule has 0 aliphatic carbocycles. The number of nitrogens with one attached hydrogen (secondary N) is 1. The van der Waals surface area contributed by atoms with Crippen molar-refractivity contribution in [3.8, 4) is 0 Å². The largest absolute Gasteiger partial charge is 0.478 e. The molecule has 7 heteroatoms. The van der Waals surface area contributed by atoms with Crippen molar-refractivity contribution in [1.82, 2.24) is 5.32 Å². The molecule has 2 rings (SSSR count). The Balaban J connectivity index is 1.76. The van der Waals surface area contributed by atoms with Gasteiger partial charge in [-0.15, -0.1) is 0 Å². The fourth-order valence-electron chi connectivity index (χ4n) is 2.44. The zero-order valence-corrected chi connectivity index (χ0v) is 12.9. The van der Waals surface area contributed by atoms with E-state index < -0.39 is 15.8 Å². The van der Waals surface area contributed by atoms with Gasteiger partial charge in [0, 0.05) is 12.5 Å². The fourth-order valence-corrected chi connectivity index (χ4v) is 3.93. The average molecular weight is 325 g/mol. The van der Waals surface area contributed by atoms with Gasteiger partial charge in [-0.2, -0.15) is 0 Å². The molecule has 0 unspecified atom stereocenters. The highest BCUT2D eigenvalue weighted by atomic mass is 32.2. The predicted molar refractivity (Wildman–Crippen MR) is 81.5 cm³/mol. The van der Waals surface area contributed by atoms with E-state index in [1.807, 2.05) is 0 Å². The van der Waals surface area contributed by atoms with Crippen LogP contribution in [0.2, 0.25) is 0 Å². The summed E-state index contributed by atoms with van der Waals surface area (Å²) < 4.78 is 22.6. The van der Waals surface area contributed by atoms with E-state index in [0.717, 1.165) is 5.56 Å². The Labute approximate surface area is 129 Å².